The third kappa shape index (κ3) is 3.57. The van der Waals surface area contributed by atoms with Gasteiger partial charge >= 0.3 is 6.09 Å². The molecule has 10 heteroatoms. The number of hydrogen-bond acceptors (Lipinski definition) is 8. The summed E-state index contributed by atoms with van der Waals surface area (Å²) in [6, 6.07) is 5.40. The van der Waals surface area contributed by atoms with Crippen molar-refractivity contribution in [3.8, 4) is 11.6 Å². The lowest BCUT2D eigenvalue weighted by atomic mass is 10.2. The first kappa shape index (κ1) is 18.1. The molecule has 1 aliphatic rings. The zero-order valence-electron chi connectivity index (χ0n) is 16.1. The minimum atomic E-state index is -0.505. The number of piperazine rings is 1. The van der Waals surface area contributed by atoms with Crippen molar-refractivity contribution in [2.75, 3.05) is 36.8 Å². The first-order chi connectivity index (χ1) is 13.3. The Hall–Kier alpha value is -3.30. The van der Waals surface area contributed by atoms with Gasteiger partial charge in [0.2, 0.25) is 11.8 Å². The number of furan rings is 1. The van der Waals surface area contributed by atoms with E-state index in [-0.39, 0.29) is 12.0 Å². The van der Waals surface area contributed by atoms with Crippen molar-refractivity contribution in [1.82, 2.24) is 24.5 Å². The number of nitrogen functional groups attached to an aromatic ring is 1. The Morgan fingerprint density at radius 1 is 1.21 bits per heavy atom. The number of ether oxygens (including phenoxy) is 1. The van der Waals surface area contributed by atoms with Crippen molar-refractivity contribution in [2.24, 2.45) is 0 Å². The van der Waals surface area contributed by atoms with Crippen LogP contribution in [0.2, 0.25) is 0 Å². The average Bonchev–Trinajstić information content (AvgIpc) is 3.30. The molecule has 0 aromatic carbocycles. The van der Waals surface area contributed by atoms with E-state index in [9.17, 15) is 4.79 Å². The molecule has 1 fully saturated rings. The maximum atomic E-state index is 12.2. The third-order valence-electron chi connectivity index (χ3n) is 4.33. The van der Waals surface area contributed by atoms with Gasteiger partial charge in [0.15, 0.2) is 11.4 Å². The van der Waals surface area contributed by atoms with Crippen molar-refractivity contribution in [3.63, 3.8) is 0 Å². The Kier molecular flexibility index (Phi) is 4.33. The fourth-order valence-electron chi connectivity index (χ4n) is 3.02. The number of carbonyl (C=O) groups excluding carboxylic acids is 1. The Morgan fingerprint density at radius 2 is 1.96 bits per heavy atom. The second-order valence-corrected chi connectivity index (χ2v) is 7.61. The fourth-order valence-corrected chi connectivity index (χ4v) is 3.02. The Balaban J connectivity index is 1.50. The van der Waals surface area contributed by atoms with Crippen molar-refractivity contribution in [1.29, 1.82) is 0 Å². The zero-order chi connectivity index (χ0) is 19.9. The van der Waals surface area contributed by atoms with Crippen LogP contribution in [0.25, 0.3) is 17.2 Å². The highest BCUT2D eigenvalue weighted by Crippen LogP contribution is 2.22. The highest BCUT2D eigenvalue weighted by atomic mass is 16.6. The molecule has 0 aliphatic carbocycles. The second-order valence-electron chi connectivity index (χ2n) is 7.61. The molecule has 0 spiro atoms. The van der Waals surface area contributed by atoms with Crippen LogP contribution in [0.1, 0.15) is 20.8 Å². The molecule has 3 aromatic rings. The van der Waals surface area contributed by atoms with Crippen molar-refractivity contribution in [3.05, 3.63) is 24.5 Å². The number of aromatic nitrogens is 4. The largest absolute Gasteiger partial charge is 0.461 e. The highest BCUT2D eigenvalue weighted by molar-refractivity contribution is 5.69. The molecule has 3 aromatic heterocycles. The molecule has 0 atom stereocenters. The van der Waals surface area contributed by atoms with Crippen LogP contribution in [0.4, 0.5) is 16.6 Å². The van der Waals surface area contributed by atoms with E-state index in [1.165, 1.54) is 4.52 Å². The van der Waals surface area contributed by atoms with Crippen molar-refractivity contribution in [2.45, 2.75) is 26.4 Å². The van der Waals surface area contributed by atoms with Crippen LogP contribution in [-0.2, 0) is 4.74 Å². The molecular weight excluding hydrogens is 362 g/mol. The molecule has 4 heterocycles. The summed E-state index contributed by atoms with van der Waals surface area (Å²) in [4.78, 5) is 24.9. The first-order valence-corrected chi connectivity index (χ1v) is 9.10. The van der Waals surface area contributed by atoms with E-state index in [0.29, 0.717) is 49.2 Å². The van der Waals surface area contributed by atoms with E-state index in [4.69, 9.17) is 14.9 Å². The molecule has 4 rings (SSSR count). The Bertz CT molecular complexity index is 983. The summed E-state index contributed by atoms with van der Waals surface area (Å²) in [5, 5.41) is 4.35. The van der Waals surface area contributed by atoms with Crippen molar-refractivity contribution >= 4 is 23.5 Å². The Labute approximate surface area is 161 Å². The third-order valence-corrected chi connectivity index (χ3v) is 4.33. The number of rotatable bonds is 2. The van der Waals surface area contributed by atoms with Gasteiger partial charge in [0, 0.05) is 32.2 Å². The van der Waals surface area contributed by atoms with E-state index in [0.717, 1.165) is 0 Å². The minimum absolute atomic E-state index is 0.243. The van der Waals surface area contributed by atoms with Gasteiger partial charge in [-0.1, -0.05) is 0 Å². The number of amides is 1. The predicted octanol–water partition coefficient (Wildman–Crippen LogP) is 2.02. The van der Waals surface area contributed by atoms with E-state index in [1.54, 1.807) is 23.3 Å². The van der Waals surface area contributed by atoms with Gasteiger partial charge in [0.05, 0.1) is 6.26 Å². The number of anilines is 2. The summed E-state index contributed by atoms with van der Waals surface area (Å²) in [5.41, 5.74) is 6.16. The van der Waals surface area contributed by atoms with Gasteiger partial charge in [-0.3, -0.25) is 0 Å². The van der Waals surface area contributed by atoms with Gasteiger partial charge in [0.1, 0.15) is 11.4 Å². The van der Waals surface area contributed by atoms with Crippen LogP contribution in [0.3, 0.4) is 0 Å². The monoisotopic (exact) mass is 385 g/mol. The summed E-state index contributed by atoms with van der Waals surface area (Å²) in [5.74, 6) is 1.96. The van der Waals surface area contributed by atoms with Gasteiger partial charge in [-0.2, -0.15) is 9.50 Å². The quantitative estimate of drug-likeness (QED) is 0.712. The number of fused-ring (bicyclic) bond motifs is 1. The van der Waals surface area contributed by atoms with Crippen LogP contribution in [0.5, 0.6) is 0 Å². The van der Waals surface area contributed by atoms with Gasteiger partial charge in [0.25, 0.3) is 0 Å². The topological polar surface area (TPSA) is 115 Å². The molecule has 0 radical (unpaired) electrons. The molecule has 1 saturated heterocycles. The van der Waals surface area contributed by atoms with Crippen LogP contribution in [0, 0.1) is 0 Å². The number of hydrogen-bond donors (Lipinski definition) is 1. The summed E-state index contributed by atoms with van der Waals surface area (Å²) in [6.45, 7) is 7.93. The molecule has 0 saturated carbocycles. The molecule has 28 heavy (non-hydrogen) atoms. The molecular formula is C18H23N7O3. The lowest BCUT2D eigenvalue weighted by molar-refractivity contribution is 0.0240. The molecule has 0 bridgehead atoms. The molecule has 2 N–H and O–H groups in total. The van der Waals surface area contributed by atoms with Crippen LogP contribution in [-0.4, -0.2) is 62.4 Å². The minimum Gasteiger partial charge on any atom is -0.461 e. The van der Waals surface area contributed by atoms with E-state index >= 15 is 0 Å². The van der Waals surface area contributed by atoms with Crippen LogP contribution < -0.4 is 10.6 Å². The molecule has 1 aliphatic heterocycles. The first-order valence-electron chi connectivity index (χ1n) is 9.10. The number of carbonyl (C=O) groups is 1. The summed E-state index contributed by atoms with van der Waals surface area (Å²) in [6.07, 6.45) is 1.27. The SMILES string of the molecule is CC(C)(C)OC(=O)N1CCN(c2cc3nc(-c4ccco4)nn3c(N)n2)CC1. The van der Waals surface area contributed by atoms with Gasteiger partial charge in [-0.05, 0) is 32.9 Å². The predicted molar refractivity (Wildman–Crippen MR) is 103 cm³/mol. The lowest BCUT2D eigenvalue weighted by Crippen LogP contribution is -2.50. The van der Waals surface area contributed by atoms with E-state index in [2.05, 4.69) is 20.0 Å². The average molecular weight is 385 g/mol. The van der Waals surface area contributed by atoms with Crippen LogP contribution >= 0.6 is 0 Å². The van der Waals surface area contributed by atoms with Crippen LogP contribution in [0.15, 0.2) is 28.9 Å². The Morgan fingerprint density at radius 3 is 2.61 bits per heavy atom. The molecule has 10 nitrogen and oxygen atoms in total. The lowest BCUT2D eigenvalue weighted by Gasteiger charge is -2.36. The fraction of sp³-hybridized carbons (Fsp3) is 0.444. The standard InChI is InChI=1S/C18H23N7O3/c1-18(2,3)28-17(26)24-8-6-23(7-9-24)13-11-14-20-15(12-5-4-10-27-12)22-25(14)16(19)21-13/h4-5,10-11H,6-9H2,1-3H3,(H2,19,21). The number of nitrogens with two attached hydrogens (primary N) is 1. The van der Waals surface area contributed by atoms with E-state index in [1.807, 2.05) is 26.8 Å². The normalized spacial score (nSPS) is 15.2. The molecule has 1 amide bonds. The maximum absolute atomic E-state index is 12.2. The summed E-state index contributed by atoms with van der Waals surface area (Å²) >= 11 is 0. The summed E-state index contributed by atoms with van der Waals surface area (Å²) < 4.78 is 12.3. The zero-order valence-corrected chi connectivity index (χ0v) is 16.1. The summed E-state index contributed by atoms with van der Waals surface area (Å²) in [7, 11) is 0. The molecule has 0 unspecified atom stereocenters. The maximum Gasteiger partial charge on any atom is 0.410 e. The smallest absolute Gasteiger partial charge is 0.410 e. The van der Waals surface area contributed by atoms with Gasteiger partial charge in [-0.15, -0.1) is 5.10 Å². The van der Waals surface area contributed by atoms with E-state index < -0.39 is 5.60 Å². The number of nitrogens with zero attached hydrogens (tertiary/aromatic N) is 6. The highest BCUT2D eigenvalue weighted by Gasteiger charge is 2.27. The van der Waals surface area contributed by atoms with Crippen molar-refractivity contribution < 1.29 is 13.9 Å². The molecule has 148 valence electrons. The van der Waals surface area contributed by atoms with Gasteiger partial charge in [-0.25, -0.2) is 9.78 Å². The second kappa shape index (κ2) is 6.70. The van der Waals surface area contributed by atoms with Gasteiger partial charge < -0.3 is 24.7 Å².